The minimum Gasteiger partial charge on any atom is -0.497 e. The highest BCUT2D eigenvalue weighted by molar-refractivity contribution is 5.82. The summed E-state index contributed by atoms with van der Waals surface area (Å²) in [5.41, 5.74) is 0.352. The molecule has 0 spiro atoms. The summed E-state index contributed by atoms with van der Waals surface area (Å²) < 4.78 is 32.0. The van der Waals surface area contributed by atoms with Gasteiger partial charge in [-0.2, -0.15) is 0 Å². The lowest BCUT2D eigenvalue weighted by Crippen LogP contribution is -2.32. The van der Waals surface area contributed by atoms with Crippen LogP contribution in [0.2, 0.25) is 0 Å². The fraction of sp³-hybridized carbons (Fsp3) is 0.235. The molecule has 0 aliphatic heterocycles. The van der Waals surface area contributed by atoms with Gasteiger partial charge < -0.3 is 15.2 Å². The molecular formula is C17H17F2NO3. The fourth-order valence-corrected chi connectivity index (χ4v) is 2.19. The molecule has 23 heavy (non-hydrogen) atoms. The molecule has 2 unspecified atom stereocenters. The van der Waals surface area contributed by atoms with Crippen LogP contribution in [0.3, 0.4) is 0 Å². The van der Waals surface area contributed by atoms with E-state index in [4.69, 9.17) is 4.74 Å². The van der Waals surface area contributed by atoms with Crippen molar-refractivity contribution in [3.05, 3.63) is 65.2 Å². The van der Waals surface area contributed by atoms with Crippen molar-refractivity contribution in [2.75, 3.05) is 7.11 Å². The lowest BCUT2D eigenvalue weighted by Gasteiger charge is -2.18. The number of hydrogen-bond acceptors (Lipinski definition) is 3. The molecule has 0 radical (unpaired) electrons. The predicted octanol–water partition coefficient (Wildman–Crippen LogP) is 2.88. The van der Waals surface area contributed by atoms with Crippen molar-refractivity contribution in [2.45, 2.75) is 19.1 Å². The smallest absolute Gasteiger partial charge is 0.253 e. The molecular weight excluding hydrogens is 304 g/mol. The highest BCUT2D eigenvalue weighted by Gasteiger charge is 2.22. The molecule has 0 aliphatic carbocycles. The van der Waals surface area contributed by atoms with E-state index in [-0.39, 0.29) is 5.56 Å². The highest BCUT2D eigenvalue weighted by atomic mass is 19.2. The van der Waals surface area contributed by atoms with E-state index in [0.717, 1.165) is 6.07 Å². The summed E-state index contributed by atoms with van der Waals surface area (Å²) in [7, 11) is 1.47. The number of carbonyl (C=O) groups is 1. The van der Waals surface area contributed by atoms with Crippen LogP contribution >= 0.6 is 0 Å². The van der Waals surface area contributed by atoms with Gasteiger partial charge in [-0.05, 0) is 30.7 Å². The second-order valence-electron chi connectivity index (χ2n) is 5.05. The monoisotopic (exact) mass is 321 g/mol. The average Bonchev–Trinajstić information content (AvgIpc) is 2.56. The summed E-state index contributed by atoms with van der Waals surface area (Å²) in [5.74, 6) is -2.22. The summed E-state index contributed by atoms with van der Waals surface area (Å²) in [4.78, 5) is 12.1. The van der Waals surface area contributed by atoms with Gasteiger partial charge in [0.2, 0.25) is 0 Å². The van der Waals surface area contributed by atoms with Crippen molar-refractivity contribution in [2.24, 2.45) is 0 Å². The maximum atomic E-state index is 13.7. The molecule has 0 heterocycles. The summed E-state index contributed by atoms with van der Waals surface area (Å²) in [6.07, 6.45) is -1.44. The Balaban J connectivity index is 2.12. The largest absolute Gasteiger partial charge is 0.497 e. The quantitative estimate of drug-likeness (QED) is 0.890. The van der Waals surface area contributed by atoms with Crippen LogP contribution in [0.5, 0.6) is 5.75 Å². The molecule has 0 aliphatic rings. The first-order valence-electron chi connectivity index (χ1n) is 7.00. The number of aliphatic hydroxyl groups is 1. The Morgan fingerprint density at radius 1 is 1.22 bits per heavy atom. The number of halogens is 2. The molecule has 0 saturated carbocycles. The molecule has 4 nitrogen and oxygen atoms in total. The van der Waals surface area contributed by atoms with Gasteiger partial charge in [-0.1, -0.05) is 24.3 Å². The number of hydrogen-bond donors (Lipinski definition) is 2. The van der Waals surface area contributed by atoms with E-state index in [9.17, 15) is 18.7 Å². The number of amides is 1. The molecule has 2 rings (SSSR count). The molecule has 2 aromatic carbocycles. The zero-order chi connectivity index (χ0) is 17.0. The number of benzene rings is 2. The third-order valence-electron chi connectivity index (χ3n) is 3.46. The van der Waals surface area contributed by atoms with E-state index in [1.54, 1.807) is 18.2 Å². The summed E-state index contributed by atoms with van der Waals surface area (Å²) in [5, 5.41) is 12.6. The lowest BCUT2D eigenvalue weighted by molar-refractivity contribution is -0.130. The Morgan fingerprint density at radius 2 is 1.91 bits per heavy atom. The van der Waals surface area contributed by atoms with Gasteiger partial charge in [0.15, 0.2) is 17.7 Å². The van der Waals surface area contributed by atoms with Crippen LogP contribution in [-0.4, -0.2) is 18.1 Å². The van der Waals surface area contributed by atoms with Gasteiger partial charge in [0.05, 0.1) is 13.2 Å². The first-order chi connectivity index (χ1) is 10.9. The Morgan fingerprint density at radius 3 is 2.61 bits per heavy atom. The molecule has 1 amide bonds. The third-order valence-corrected chi connectivity index (χ3v) is 3.46. The normalized spacial score (nSPS) is 13.3. The number of rotatable bonds is 5. The van der Waals surface area contributed by atoms with Gasteiger partial charge in [0.25, 0.3) is 5.91 Å². The van der Waals surface area contributed by atoms with Crippen LogP contribution in [0.15, 0.2) is 42.5 Å². The predicted molar refractivity (Wildman–Crippen MR) is 80.9 cm³/mol. The fourth-order valence-electron chi connectivity index (χ4n) is 2.19. The molecule has 122 valence electrons. The minimum absolute atomic E-state index is 0.0104. The first kappa shape index (κ1) is 16.9. The van der Waals surface area contributed by atoms with Gasteiger partial charge >= 0.3 is 0 Å². The van der Waals surface area contributed by atoms with Crippen LogP contribution in [0.25, 0.3) is 0 Å². The number of aliphatic hydroxyl groups excluding tert-OH is 1. The first-order valence-corrected chi connectivity index (χ1v) is 7.00. The van der Waals surface area contributed by atoms with E-state index in [2.05, 4.69) is 5.32 Å². The van der Waals surface area contributed by atoms with Crippen molar-refractivity contribution in [1.82, 2.24) is 5.32 Å². The summed E-state index contributed by atoms with van der Waals surface area (Å²) >= 11 is 0. The molecule has 0 bridgehead atoms. The van der Waals surface area contributed by atoms with E-state index in [1.165, 1.54) is 32.2 Å². The number of methoxy groups -OCH3 is 1. The third kappa shape index (κ3) is 3.84. The minimum atomic E-state index is -1.44. The molecule has 2 atom stereocenters. The van der Waals surface area contributed by atoms with E-state index >= 15 is 0 Å². The van der Waals surface area contributed by atoms with Crippen LogP contribution < -0.4 is 10.1 Å². The van der Waals surface area contributed by atoms with Gasteiger partial charge in [-0.15, -0.1) is 0 Å². The Kier molecular flexibility index (Phi) is 5.28. The Labute approximate surface area is 132 Å². The van der Waals surface area contributed by atoms with Crippen molar-refractivity contribution < 1.29 is 23.4 Å². The lowest BCUT2D eigenvalue weighted by atomic mass is 10.1. The Bertz CT molecular complexity index is 706. The van der Waals surface area contributed by atoms with Crippen LogP contribution in [-0.2, 0) is 4.79 Å². The Hall–Kier alpha value is -2.47. The standard InChI is InChI=1S/C17H17F2NO3/c1-10(13-7-4-8-14(18)15(13)19)20-17(22)16(21)11-5-3-6-12(9-11)23-2/h3-10,16,21H,1-2H3,(H,20,22). The zero-order valence-corrected chi connectivity index (χ0v) is 12.7. The van der Waals surface area contributed by atoms with E-state index < -0.39 is 29.7 Å². The van der Waals surface area contributed by atoms with E-state index in [0.29, 0.717) is 11.3 Å². The highest BCUT2D eigenvalue weighted by Crippen LogP contribution is 2.22. The summed E-state index contributed by atoms with van der Waals surface area (Å²) in [6.45, 7) is 1.51. The van der Waals surface area contributed by atoms with Crippen molar-refractivity contribution in [1.29, 1.82) is 0 Å². The molecule has 6 heteroatoms. The zero-order valence-electron chi connectivity index (χ0n) is 12.7. The van der Waals surface area contributed by atoms with Gasteiger partial charge in [0.1, 0.15) is 5.75 Å². The van der Waals surface area contributed by atoms with Gasteiger partial charge in [-0.3, -0.25) is 4.79 Å². The van der Waals surface area contributed by atoms with Gasteiger partial charge in [-0.25, -0.2) is 8.78 Å². The SMILES string of the molecule is COc1cccc(C(O)C(=O)NC(C)c2cccc(F)c2F)c1. The van der Waals surface area contributed by atoms with Crippen LogP contribution in [0.4, 0.5) is 8.78 Å². The summed E-state index contributed by atoms with van der Waals surface area (Å²) in [6, 6.07) is 9.35. The number of carbonyl (C=O) groups excluding carboxylic acids is 1. The van der Waals surface area contributed by atoms with Gasteiger partial charge in [0, 0.05) is 5.56 Å². The second kappa shape index (κ2) is 7.19. The van der Waals surface area contributed by atoms with Crippen molar-refractivity contribution in [3.8, 4) is 5.75 Å². The number of nitrogens with one attached hydrogen (secondary N) is 1. The van der Waals surface area contributed by atoms with Crippen LogP contribution in [0.1, 0.15) is 30.2 Å². The van der Waals surface area contributed by atoms with Crippen LogP contribution in [0, 0.1) is 11.6 Å². The molecule has 2 aromatic rings. The molecule has 0 fully saturated rings. The average molecular weight is 321 g/mol. The molecule has 2 N–H and O–H groups in total. The topological polar surface area (TPSA) is 58.6 Å². The van der Waals surface area contributed by atoms with Crippen molar-refractivity contribution in [3.63, 3.8) is 0 Å². The maximum absolute atomic E-state index is 13.7. The van der Waals surface area contributed by atoms with E-state index in [1.807, 2.05) is 0 Å². The number of ether oxygens (including phenoxy) is 1. The molecule has 0 aromatic heterocycles. The second-order valence-corrected chi connectivity index (χ2v) is 5.05. The molecule has 0 saturated heterocycles. The van der Waals surface area contributed by atoms with Crippen molar-refractivity contribution >= 4 is 5.91 Å². The maximum Gasteiger partial charge on any atom is 0.253 e.